The summed E-state index contributed by atoms with van der Waals surface area (Å²) in [4.78, 5) is 42.6. The molecule has 2 aromatic heterocycles. The molecule has 0 fully saturated rings. The largest absolute Gasteiger partial charge is 0.466 e. The lowest BCUT2D eigenvalue weighted by Gasteiger charge is -2.13. The monoisotopic (exact) mass is 482 g/mol. The first-order valence-corrected chi connectivity index (χ1v) is 12.9. The van der Waals surface area contributed by atoms with Crippen LogP contribution in [0.15, 0.2) is 9.72 Å². The number of hydrogen-bond acceptors (Lipinski definition) is 9. The Morgan fingerprint density at radius 3 is 2.68 bits per heavy atom. The minimum atomic E-state index is -0.421. The van der Waals surface area contributed by atoms with Gasteiger partial charge in [0.05, 0.1) is 36.1 Å². The maximum absolute atomic E-state index is 12.9. The molecule has 168 valence electrons. The number of ether oxygens (including phenoxy) is 2. The molecule has 2 heterocycles. The number of thiophene rings is 1. The van der Waals surface area contributed by atoms with Crippen molar-refractivity contribution in [1.82, 2.24) is 4.98 Å². The van der Waals surface area contributed by atoms with E-state index in [1.807, 2.05) is 0 Å². The third-order valence-corrected chi connectivity index (χ3v) is 8.02. The first-order valence-electron chi connectivity index (χ1n) is 10.3. The maximum Gasteiger partial charge on any atom is 0.341 e. The van der Waals surface area contributed by atoms with Crippen LogP contribution in [0.25, 0.3) is 0 Å². The van der Waals surface area contributed by atoms with E-state index < -0.39 is 5.25 Å². The van der Waals surface area contributed by atoms with Gasteiger partial charge in [0.1, 0.15) is 5.00 Å². The van der Waals surface area contributed by atoms with Gasteiger partial charge in [0, 0.05) is 10.3 Å². The number of aromatic nitrogens is 1. The van der Waals surface area contributed by atoms with Gasteiger partial charge in [0.15, 0.2) is 4.34 Å². The Morgan fingerprint density at radius 1 is 1.19 bits per heavy atom. The molecule has 1 aliphatic carbocycles. The van der Waals surface area contributed by atoms with Crippen LogP contribution in [0.3, 0.4) is 0 Å². The quantitative estimate of drug-likeness (QED) is 0.416. The highest BCUT2D eigenvalue weighted by Crippen LogP contribution is 2.39. The number of aryl methyl sites for hydroxylation is 1. The average molecular weight is 483 g/mol. The van der Waals surface area contributed by atoms with Crippen molar-refractivity contribution in [3.05, 3.63) is 27.1 Å². The van der Waals surface area contributed by atoms with Crippen molar-refractivity contribution in [2.45, 2.75) is 62.5 Å². The number of amides is 1. The van der Waals surface area contributed by atoms with E-state index in [1.165, 1.54) is 34.4 Å². The number of anilines is 1. The molecule has 10 heteroatoms. The molecule has 7 nitrogen and oxygen atoms in total. The standard InChI is InChI=1S/C21H26N2O5S3/c1-4-27-16(24)10-13-11-29-21(22-13)30-12(3)18(25)23-19-17(20(26)28-5-2)14-8-6-7-9-15(14)31-19/h11-12H,4-10H2,1-3H3,(H,23,25)/t12-/m1/s1. The minimum absolute atomic E-state index is 0.120. The van der Waals surface area contributed by atoms with E-state index in [1.54, 1.807) is 26.2 Å². The molecule has 1 N–H and O–H groups in total. The predicted octanol–water partition coefficient (Wildman–Crippen LogP) is 4.49. The van der Waals surface area contributed by atoms with E-state index >= 15 is 0 Å². The fourth-order valence-electron chi connectivity index (χ4n) is 3.28. The molecular formula is C21H26N2O5S3. The summed E-state index contributed by atoms with van der Waals surface area (Å²) in [6.45, 7) is 5.96. The highest BCUT2D eigenvalue weighted by molar-refractivity contribution is 8.02. The zero-order valence-electron chi connectivity index (χ0n) is 17.8. The Labute approximate surface area is 193 Å². The maximum atomic E-state index is 12.9. The molecule has 0 spiro atoms. The number of esters is 2. The van der Waals surface area contributed by atoms with E-state index in [-0.39, 0.29) is 24.3 Å². The molecule has 0 unspecified atom stereocenters. The van der Waals surface area contributed by atoms with Gasteiger partial charge in [-0.2, -0.15) is 0 Å². The predicted molar refractivity (Wildman–Crippen MR) is 123 cm³/mol. The van der Waals surface area contributed by atoms with Crippen LogP contribution < -0.4 is 5.32 Å². The Bertz CT molecular complexity index is 953. The van der Waals surface area contributed by atoms with Crippen LogP contribution in [-0.4, -0.2) is 41.3 Å². The Morgan fingerprint density at radius 2 is 1.94 bits per heavy atom. The fraction of sp³-hybridized carbons (Fsp3) is 0.524. The van der Waals surface area contributed by atoms with Gasteiger partial charge in [-0.1, -0.05) is 11.8 Å². The topological polar surface area (TPSA) is 94.6 Å². The molecule has 2 aromatic rings. The molecule has 1 atom stereocenters. The number of nitrogens with one attached hydrogen (secondary N) is 1. The lowest BCUT2D eigenvalue weighted by Crippen LogP contribution is -2.23. The number of thiazole rings is 1. The van der Waals surface area contributed by atoms with Crippen molar-refractivity contribution in [1.29, 1.82) is 0 Å². The number of fused-ring (bicyclic) bond motifs is 1. The lowest BCUT2D eigenvalue weighted by atomic mass is 9.95. The van der Waals surface area contributed by atoms with Crippen molar-refractivity contribution in [2.24, 2.45) is 0 Å². The van der Waals surface area contributed by atoms with Crippen LogP contribution >= 0.6 is 34.4 Å². The van der Waals surface area contributed by atoms with E-state index in [9.17, 15) is 14.4 Å². The number of thioether (sulfide) groups is 1. The fourth-order valence-corrected chi connectivity index (χ4v) is 6.54. The summed E-state index contributed by atoms with van der Waals surface area (Å²) < 4.78 is 10.9. The van der Waals surface area contributed by atoms with E-state index in [0.29, 0.717) is 33.8 Å². The molecule has 0 saturated carbocycles. The van der Waals surface area contributed by atoms with Crippen molar-refractivity contribution >= 4 is 57.3 Å². The Balaban J connectivity index is 1.67. The van der Waals surface area contributed by atoms with Crippen molar-refractivity contribution in [3.63, 3.8) is 0 Å². The van der Waals surface area contributed by atoms with Gasteiger partial charge in [0.2, 0.25) is 5.91 Å². The number of carbonyl (C=O) groups is 3. The second-order valence-corrected chi connectivity index (χ2v) is 10.5. The van der Waals surface area contributed by atoms with Gasteiger partial charge >= 0.3 is 11.9 Å². The molecule has 0 bridgehead atoms. The van der Waals surface area contributed by atoms with Crippen molar-refractivity contribution in [2.75, 3.05) is 18.5 Å². The average Bonchev–Trinajstić information content (AvgIpc) is 3.31. The minimum Gasteiger partial charge on any atom is -0.466 e. The van der Waals surface area contributed by atoms with Gasteiger partial charge in [-0.25, -0.2) is 9.78 Å². The van der Waals surface area contributed by atoms with E-state index in [4.69, 9.17) is 9.47 Å². The highest BCUT2D eigenvalue weighted by Gasteiger charge is 2.28. The van der Waals surface area contributed by atoms with Crippen LogP contribution in [-0.2, 0) is 38.3 Å². The van der Waals surface area contributed by atoms with Crippen LogP contribution in [0.2, 0.25) is 0 Å². The number of rotatable bonds is 9. The molecule has 0 aliphatic heterocycles. The van der Waals surface area contributed by atoms with Crippen molar-refractivity contribution < 1.29 is 23.9 Å². The normalized spacial score (nSPS) is 13.9. The first kappa shape index (κ1) is 23.7. The zero-order chi connectivity index (χ0) is 22.4. The van der Waals surface area contributed by atoms with E-state index in [0.717, 1.165) is 36.1 Å². The molecule has 31 heavy (non-hydrogen) atoms. The molecule has 1 aliphatic rings. The third-order valence-electron chi connectivity index (χ3n) is 4.70. The number of carbonyl (C=O) groups excluding carboxylic acids is 3. The number of nitrogens with zero attached hydrogens (tertiary/aromatic N) is 1. The van der Waals surface area contributed by atoms with Crippen molar-refractivity contribution in [3.8, 4) is 0 Å². The van der Waals surface area contributed by atoms with Gasteiger partial charge in [0.25, 0.3) is 0 Å². The summed E-state index contributed by atoms with van der Waals surface area (Å²) in [5.74, 6) is -0.888. The summed E-state index contributed by atoms with van der Waals surface area (Å²) in [6.07, 6.45) is 4.01. The van der Waals surface area contributed by atoms with Crippen LogP contribution in [0, 0.1) is 0 Å². The zero-order valence-corrected chi connectivity index (χ0v) is 20.3. The second kappa shape index (κ2) is 11.1. The smallest absolute Gasteiger partial charge is 0.341 e. The van der Waals surface area contributed by atoms with Gasteiger partial charge in [-0.05, 0) is 52.0 Å². The first-order chi connectivity index (χ1) is 14.9. The summed E-state index contributed by atoms with van der Waals surface area (Å²) in [6, 6.07) is 0. The molecule has 0 aromatic carbocycles. The third kappa shape index (κ3) is 6.08. The molecule has 3 rings (SSSR count). The van der Waals surface area contributed by atoms with Crippen LogP contribution in [0.4, 0.5) is 5.00 Å². The summed E-state index contributed by atoms with van der Waals surface area (Å²) in [7, 11) is 0. The van der Waals surface area contributed by atoms with Gasteiger partial charge in [-0.15, -0.1) is 22.7 Å². The summed E-state index contributed by atoms with van der Waals surface area (Å²) >= 11 is 4.19. The molecule has 1 amide bonds. The molecule has 0 radical (unpaired) electrons. The molecule has 0 saturated heterocycles. The van der Waals surface area contributed by atoms with E-state index in [2.05, 4.69) is 10.3 Å². The summed E-state index contributed by atoms with van der Waals surface area (Å²) in [5.41, 5.74) is 2.17. The summed E-state index contributed by atoms with van der Waals surface area (Å²) in [5, 5.41) is 4.90. The lowest BCUT2D eigenvalue weighted by molar-refractivity contribution is -0.142. The SMILES string of the molecule is CCOC(=O)Cc1csc(S[C@H](C)C(=O)Nc2sc3c(c2C(=O)OCC)CCCC3)n1. The van der Waals surface area contributed by atoms with Crippen LogP contribution in [0.5, 0.6) is 0 Å². The molecular weight excluding hydrogens is 456 g/mol. The van der Waals surface area contributed by atoms with Gasteiger partial charge in [-0.3, -0.25) is 9.59 Å². The van der Waals surface area contributed by atoms with Gasteiger partial charge < -0.3 is 14.8 Å². The number of hydrogen-bond donors (Lipinski definition) is 1. The van der Waals surface area contributed by atoms with Crippen LogP contribution in [0.1, 0.15) is 60.1 Å². The Kier molecular flexibility index (Phi) is 8.50. The second-order valence-electron chi connectivity index (χ2n) is 6.97. The highest BCUT2D eigenvalue weighted by atomic mass is 32.2. The Hall–Kier alpha value is -1.91.